The Morgan fingerprint density at radius 2 is 1.54 bits per heavy atom. The van der Waals surface area contributed by atoms with E-state index in [1.807, 2.05) is 65.2 Å². The van der Waals surface area contributed by atoms with E-state index in [4.69, 9.17) is 0 Å². The van der Waals surface area contributed by atoms with Crippen molar-refractivity contribution in [2.24, 2.45) is 11.3 Å². The van der Waals surface area contributed by atoms with Crippen LogP contribution in [0.4, 0.5) is 0 Å². The lowest BCUT2D eigenvalue weighted by atomic mass is 9.84. The summed E-state index contributed by atoms with van der Waals surface area (Å²) in [5.41, 5.74) is 0.236. The second kappa shape index (κ2) is 16.6. The summed E-state index contributed by atoms with van der Waals surface area (Å²) < 4.78 is 0. The third-order valence-corrected chi connectivity index (χ3v) is 10.7. The largest absolute Gasteiger partial charge is 0.387 e. The van der Waals surface area contributed by atoms with Crippen LogP contribution in [0.5, 0.6) is 0 Å². The second-order valence-corrected chi connectivity index (χ2v) is 15.6. The number of amides is 4. The van der Waals surface area contributed by atoms with Crippen molar-refractivity contribution < 1.29 is 24.3 Å². The second-order valence-electron chi connectivity index (χ2n) is 15.6. The van der Waals surface area contributed by atoms with Crippen LogP contribution < -0.4 is 10.6 Å². The lowest BCUT2D eigenvalue weighted by Crippen LogP contribution is -2.61. The molecule has 48 heavy (non-hydrogen) atoms. The normalized spacial score (nSPS) is 24.3. The highest BCUT2D eigenvalue weighted by Crippen LogP contribution is 2.28. The molecule has 0 saturated carbocycles. The van der Waals surface area contributed by atoms with Gasteiger partial charge in [-0.2, -0.15) is 0 Å². The molecule has 0 aromatic heterocycles. The van der Waals surface area contributed by atoms with Gasteiger partial charge in [-0.25, -0.2) is 0 Å². The summed E-state index contributed by atoms with van der Waals surface area (Å²) in [6.07, 6.45) is 4.95. The number of carbonyl (C=O) groups is 4. The van der Waals surface area contributed by atoms with Crippen LogP contribution in [0.3, 0.4) is 0 Å². The summed E-state index contributed by atoms with van der Waals surface area (Å²) in [7, 11) is 3.79. The fraction of sp³-hybridized carbons (Fsp3) is 0.730. The van der Waals surface area contributed by atoms with Crippen LogP contribution in [0.2, 0.25) is 0 Å². The zero-order chi connectivity index (χ0) is 35.2. The van der Waals surface area contributed by atoms with E-state index in [1.54, 1.807) is 9.80 Å². The molecule has 4 amide bonds. The molecule has 3 N–H and O–H groups in total. The Bertz CT molecular complexity index is 1250. The molecule has 0 radical (unpaired) electrons. The van der Waals surface area contributed by atoms with Crippen molar-refractivity contribution in [1.29, 1.82) is 0 Å². The lowest BCUT2D eigenvalue weighted by Gasteiger charge is -2.41. The summed E-state index contributed by atoms with van der Waals surface area (Å²) in [5.74, 6) is -0.382. The van der Waals surface area contributed by atoms with Gasteiger partial charge in [0.25, 0.3) is 0 Å². The third-order valence-electron chi connectivity index (χ3n) is 10.7. The molecule has 11 heteroatoms. The van der Waals surface area contributed by atoms with Crippen LogP contribution in [0.1, 0.15) is 91.2 Å². The Labute approximate surface area is 287 Å². The molecule has 3 aliphatic rings. The molecule has 0 spiro atoms. The number of nitrogens with zero attached hydrogens (tertiary/aromatic N) is 4. The summed E-state index contributed by atoms with van der Waals surface area (Å²) in [5, 5.41) is 16.5. The molecule has 268 valence electrons. The van der Waals surface area contributed by atoms with Crippen LogP contribution in [0.15, 0.2) is 30.3 Å². The predicted octanol–water partition coefficient (Wildman–Crippen LogP) is 2.79. The van der Waals surface area contributed by atoms with E-state index in [1.165, 1.54) is 0 Å². The maximum absolute atomic E-state index is 14.2. The van der Waals surface area contributed by atoms with Gasteiger partial charge in [0, 0.05) is 32.7 Å². The van der Waals surface area contributed by atoms with Crippen LogP contribution >= 0.6 is 0 Å². The average molecular weight is 669 g/mol. The highest BCUT2D eigenvalue weighted by molar-refractivity contribution is 5.91. The number of hydrogen-bond acceptors (Lipinski definition) is 7. The molecule has 1 aromatic carbocycles. The smallest absolute Gasteiger partial charge is 0.245 e. The predicted molar refractivity (Wildman–Crippen MR) is 187 cm³/mol. The average Bonchev–Trinajstić information content (AvgIpc) is 3.74. The van der Waals surface area contributed by atoms with Crippen molar-refractivity contribution in [3.63, 3.8) is 0 Å². The molecule has 6 atom stereocenters. The molecule has 3 saturated heterocycles. The van der Waals surface area contributed by atoms with E-state index in [2.05, 4.69) is 34.3 Å². The van der Waals surface area contributed by atoms with E-state index in [9.17, 15) is 24.3 Å². The number of aliphatic hydroxyl groups is 1. The monoisotopic (exact) mass is 668 g/mol. The highest BCUT2D eigenvalue weighted by Gasteiger charge is 2.43. The summed E-state index contributed by atoms with van der Waals surface area (Å²) in [4.78, 5) is 62.7. The van der Waals surface area contributed by atoms with Crippen LogP contribution in [-0.2, 0) is 19.2 Å². The van der Waals surface area contributed by atoms with Gasteiger partial charge in [-0.3, -0.25) is 29.0 Å². The Kier molecular flexibility index (Phi) is 13.1. The molecule has 3 fully saturated rings. The van der Waals surface area contributed by atoms with Crippen molar-refractivity contribution in [2.75, 3.05) is 46.8 Å². The van der Waals surface area contributed by atoms with Gasteiger partial charge < -0.3 is 25.5 Å². The summed E-state index contributed by atoms with van der Waals surface area (Å²) in [6.45, 7) is 12.9. The van der Waals surface area contributed by atoms with Gasteiger partial charge in [-0.1, -0.05) is 71.4 Å². The highest BCUT2D eigenvalue weighted by atomic mass is 16.3. The molecule has 0 bridgehead atoms. The Morgan fingerprint density at radius 3 is 2.19 bits per heavy atom. The van der Waals surface area contributed by atoms with Crippen molar-refractivity contribution in [1.82, 2.24) is 30.2 Å². The van der Waals surface area contributed by atoms with Crippen molar-refractivity contribution in [3.05, 3.63) is 35.9 Å². The molecule has 3 heterocycles. The minimum atomic E-state index is -0.821. The number of nitrogens with one attached hydrogen (secondary N) is 2. The van der Waals surface area contributed by atoms with Gasteiger partial charge in [-0.05, 0) is 75.6 Å². The summed E-state index contributed by atoms with van der Waals surface area (Å²) in [6, 6.07) is 7.19. The maximum Gasteiger partial charge on any atom is 0.245 e. The first-order chi connectivity index (χ1) is 22.7. The number of aliphatic hydroxyl groups excluding tert-OH is 1. The quantitative estimate of drug-likeness (QED) is 0.313. The Balaban J connectivity index is 1.41. The standard InChI is InChI=1S/C37H60N6O5/c1-25(2)30(41(7)36(48)32(37(3,4)5)39-34(46)27-17-11-12-20-40(27)6)24-42-21-13-19-29(42)35(47)43-22-14-18-28(43)33(45)38-23-31(44)26-15-9-8-10-16-26/h8-10,15-16,25,27-32,44H,11-14,17-24H2,1-7H3,(H,38,45)(H,39,46)/t27-,28?,29?,30-,31+,32?/m1/s1. The summed E-state index contributed by atoms with van der Waals surface area (Å²) >= 11 is 0. The third kappa shape index (κ3) is 9.15. The van der Waals surface area contributed by atoms with Crippen molar-refractivity contribution in [3.8, 4) is 0 Å². The minimum absolute atomic E-state index is 0.0401. The Hall–Kier alpha value is -3.02. The van der Waals surface area contributed by atoms with Gasteiger partial charge in [0.05, 0.1) is 18.2 Å². The molecule has 3 unspecified atom stereocenters. The van der Waals surface area contributed by atoms with Gasteiger partial charge in [0.2, 0.25) is 23.6 Å². The van der Waals surface area contributed by atoms with E-state index in [-0.39, 0.29) is 54.2 Å². The van der Waals surface area contributed by atoms with E-state index < -0.39 is 23.6 Å². The first-order valence-electron chi connectivity index (χ1n) is 18.0. The number of likely N-dealkylation sites (N-methyl/N-ethyl adjacent to an activating group) is 2. The number of rotatable bonds is 12. The van der Waals surface area contributed by atoms with Crippen molar-refractivity contribution in [2.45, 2.75) is 116 Å². The van der Waals surface area contributed by atoms with Crippen LogP contribution in [-0.4, -0.2) is 125 Å². The fourth-order valence-corrected chi connectivity index (χ4v) is 7.61. The molecule has 1 aromatic rings. The topological polar surface area (TPSA) is 126 Å². The molecule has 0 aliphatic carbocycles. The van der Waals surface area contributed by atoms with Gasteiger partial charge >= 0.3 is 0 Å². The van der Waals surface area contributed by atoms with Crippen LogP contribution in [0.25, 0.3) is 0 Å². The lowest BCUT2D eigenvalue weighted by molar-refractivity contribution is -0.144. The van der Waals surface area contributed by atoms with E-state index in [0.29, 0.717) is 25.9 Å². The first-order valence-corrected chi connectivity index (χ1v) is 18.0. The molecule has 4 rings (SSSR count). The number of likely N-dealkylation sites (tertiary alicyclic amines) is 3. The minimum Gasteiger partial charge on any atom is -0.387 e. The van der Waals surface area contributed by atoms with Gasteiger partial charge in [-0.15, -0.1) is 0 Å². The number of carbonyl (C=O) groups excluding carboxylic acids is 4. The molecule has 11 nitrogen and oxygen atoms in total. The zero-order valence-electron chi connectivity index (χ0n) is 30.3. The molecular weight excluding hydrogens is 608 g/mol. The number of piperidine rings is 1. The SMILES string of the molecule is CC(C)[C@@H](CN1CCCC1C(=O)N1CCCC1C(=O)NC[C@H](O)c1ccccc1)N(C)C(=O)C(NC(=O)[C@H]1CCCCN1C)C(C)(C)C. The molecular formula is C37H60N6O5. The van der Waals surface area contributed by atoms with Crippen molar-refractivity contribution >= 4 is 23.6 Å². The van der Waals surface area contributed by atoms with E-state index in [0.717, 1.165) is 50.8 Å². The fourth-order valence-electron chi connectivity index (χ4n) is 7.61. The van der Waals surface area contributed by atoms with E-state index >= 15 is 0 Å². The van der Waals surface area contributed by atoms with Crippen LogP contribution in [0, 0.1) is 11.3 Å². The number of benzene rings is 1. The maximum atomic E-state index is 14.2. The molecule has 3 aliphatic heterocycles. The first kappa shape index (κ1) is 37.8. The zero-order valence-corrected chi connectivity index (χ0v) is 30.3. The van der Waals surface area contributed by atoms with Gasteiger partial charge in [0.15, 0.2) is 0 Å². The van der Waals surface area contributed by atoms with Gasteiger partial charge in [0.1, 0.15) is 12.1 Å². The Morgan fingerprint density at radius 1 is 0.896 bits per heavy atom. The number of hydrogen-bond donors (Lipinski definition) is 3.